The van der Waals surface area contributed by atoms with Gasteiger partial charge in [0.2, 0.25) is 0 Å². The van der Waals surface area contributed by atoms with E-state index < -0.39 is 11.7 Å². The number of nitrogens with one attached hydrogen (secondary N) is 1. The fraction of sp³-hybridized carbons (Fsp3) is 0.0500. The van der Waals surface area contributed by atoms with E-state index in [1.807, 2.05) is 24.3 Å². The maximum absolute atomic E-state index is 12.7. The van der Waals surface area contributed by atoms with Crippen molar-refractivity contribution in [3.8, 4) is 11.3 Å². The van der Waals surface area contributed by atoms with Crippen molar-refractivity contribution in [2.45, 2.75) is 6.18 Å². The molecule has 0 atom stereocenters. The summed E-state index contributed by atoms with van der Waals surface area (Å²) in [4.78, 5) is 12.6. The molecule has 0 spiro atoms. The first kappa shape index (κ1) is 17.7. The fourth-order valence-electron chi connectivity index (χ4n) is 2.77. The summed E-state index contributed by atoms with van der Waals surface area (Å²) in [6.07, 6.45) is -3.02. The smallest absolute Gasteiger partial charge is 0.384 e. The van der Waals surface area contributed by atoms with Gasteiger partial charge in [-0.3, -0.25) is 0 Å². The van der Waals surface area contributed by atoms with Crippen molar-refractivity contribution in [3.05, 3.63) is 72.6 Å². The first-order valence-electron chi connectivity index (χ1n) is 8.31. The Labute approximate surface area is 158 Å². The molecule has 0 unspecified atom stereocenters. The lowest BCUT2D eigenvalue weighted by atomic mass is 10.1. The van der Waals surface area contributed by atoms with Crippen molar-refractivity contribution < 1.29 is 13.2 Å². The van der Waals surface area contributed by atoms with E-state index in [1.54, 1.807) is 12.1 Å². The highest BCUT2D eigenvalue weighted by Gasteiger charge is 2.30. The highest BCUT2D eigenvalue weighted by atomic mass is 19.4. The molecule has 4 rings (SSSR count). The number of nitrogens with two attached hydrogens (primary N) is 1. The third-order valence-electron chi connectivity index (χ3n) is 4.16. The van der Waals surface area contributed by atoms with E-state index in [0.717, 1.165) is 28.7 Å². The minimum absolute atomic E-state index is 0.427. The summed E-state index contributed by atoms with van der Waals surface area (Å²) in [5.41, 5.74) is 7.58. The summed E-state index contributed by atoms with van der Waals surface area (Å²) in [5, 5.41) is 4.10. The van der Waals surface area contributed by atoms with Crippen LogP contribution >= 0.6 is 0 Å². The van der Waals surface area contributed by atoms with Crippen LogP contribution in [0.2, 0.25) is 0 Å². The topological polar surface area (TPSA) is 76.7 Å². The molecule has 0 aliphatic rings. The molecule has 3 N–H and O–H groups in total. The minimum atomic E-state index is -4.37. The van der Waals surface area contributed by atoms with Gasteiger partial charge in [-0.25, -0.2) is 15.0 Å². The van der Waals surface area contributed by atoms with E-state index in [1.165, 1.54) is 18.5 Å². The Hall–Kier alpha value is -3.68. The van der Waals surface area contributed by atoms with Crippen LogP contribution in [0.3, 0.4) is 0 Å². The summed E-state index contributed by atoms with van der Waals surface area (Å²) in [7, 11) is 0. The molecule has 0 amide bonds. The normalized spacial score (nSPS) is 11.5. The van der Waals surface area contributed by atoms with Crippen molar-refractivity contribution in [1.29, 1.82) is 0 Å². The number of hydrogen-bond donors (Lipinski definition) is 2. The van der Waals surface area contributed by atoms with E-state index >= 15 is 0 Å². The first-order chi connectivity index (χ1) is 13.4. The van der Waals surface area contributed by atoms with E-state index in [9.17, 15) is 13.2 Å². The van der Waals surface area contributed by atoms with Crippen LogP contribution < -0.4 is 11.1 Å². The molecule has 5 nitrogen and oxygen atoms in total. The number of fused-ring (bicyclic) bond motifs is 1. The lowest BCUT2D eigenvalue weighted by Crippen LogP contribution is -2.04. The van der Waals surface area contributed by atoms with E-state index in [0.29, 0.717) is 22.9 Å². The Morgan fingerprint density at radius 3 is 2.36 bits per heavy atom. The number of nitrogens with zero attached hydrogens (tertiary/aromatic N) is 3. The van der Waals surface area contributed by atoms with Crippen molar-refractivity contribution in [1.82, 2.24) is 15.0 Å². The molecule has 8 heteroatoms. The number of hydrogen-bond acceptors (Lipinski definition) is 5. The molecule has 140 valence electrons. The number of halogens is 3. The van der Waals surface area contributed by atoms with Crippen molar-refractivity contribution in [2.75, 3.05) is 11.1 Å². The molecule has 2 heterocycles. The third kappa shape index (κ3) is 3.71. The third-order valence-corrected chi connectivity index (χ3v) is 4.16. The van der Waals surface area contributed by atoms with Gasteiger partial charge in [0.05, 0.1) is 16.8 Å². The maximum Gasteiger partial charge on any atom is 0.416 e. The SMILES string of the molecule is Nc1ccc2ccc(Nc3cc(-c4ccc(C(F)(F)F)cc4)ncn3)cc2n1. The van der Waals surface area contributed by atoms with Crippen molar-refractivity contribution in [3.63, 3.8) is 0 Å². The number of benzene rings is 2. The Bertz CT molecular complexity index is 1140. The molecular formula is C20H14F3N5. The number of anilines is 3. The number of rotatable bonds is 3. The Balaban J connectivity index is 1.60. The molecule has 2 aromatic carbocycles. The molecule has 0 fully saturated rings. The predicted molar refractivity (Wildman–Crippen MR) is 102 cm³/mol. The summed E-state index contributed by atoms with van der Waals surface area (Å²) >= 11 is 0. The Morgan fingerprint density at radius 1 is 0.857 bits per heavy atom. The second-order valence-electron chi connectivity index (χ2n) is 6.13. The minimum Gasteiger partial charge on any atom is -0.384 e. The average molecular weight is 381 g/mol. The number of alkyl halides is 3. The Kier molecular flexibility index (Phi) is 4.31. The summed E-state index contributed by atoms with van der Waals surface area (Å²) in [6, 6.07) is 15.7. The van der Waals surface area contributed by atoms with Gasteiger partial charge in [-0.1, -0.05) is 18.2 Å². The van der Waals surface area contributed by atoms with Crippen LogP contribution in [0.15, 0.2) is 67.0 Å². The van der Waals surface area contributed by atoms with Gasteiger partial charge in [0.1, 0.15) is 18.0 Å². The van der Waals surface area contributed by atoms with E-state index in [-0.39, 0.29) is 0 Å². The molecule has 4 aromatic rings. The lowest BCUT2D eigenvalue weighted by molar-refractivity contribution is -0.137. The molecular weight excluding hydrogens is 367 g/mol. The zero-order valence-electron chi connectivity index (χ0n) is 14.4. The fourth-order valence-corrected chi connectivity index (χ4v) is 2.77. The van der Waals surface area contributed by atoms with Crippen LogP contribution in [0.4, 0.5) is 30.5 Å². The summed E-state index contributed by atoms with van der Waals surface area (Å²) < 4.78 is 38.1. The van der Waals surface area contributed by atoms with Gasteiger partial charge < -0.3 is 11.1 Å². The van der Waals surface area contributed by atoms with E-state index in [2.05, 4.69) is 20.3 Å². The van der Waals surface area contributed by atoms with Gasteiger partial charge in [0.25, 0.3) is 0 Å². The number of nitrogen functional groups attached to an aromatic ring is 1. The van der Waals surface area contributed by atoms with Crippen LogP contribution in [-0.2, 0) is 6.18 Å². The average Bonchev–Trinajstić information content (AvgIpc) is 2.67. The second kappa shape index (κ2) is 6.80. The standard InChI is InChI=1S/C20H14F3N5/c21-20(22,23)14-5-1-12(2-6-14)16-10-19(26-11-25-16)27-15-7-3-13-4-8-18(24)28-17(13)9-15/h1-11H,(H2,24,28)(H,25,26,27). The second-order valence-corrected chi connectivity index (χ2v) is 6.13. The van der Waals surface area contributed by atoms with Gasteiger partial charge in [0, 0.05) is 22.7 Å². The molecule has 0 aliphatic carbocycles. The highest BCUT2D eigenvalue weighted by Crippen LogP contribution is 2.31. The zero-order chi connectivity index (χ0) is 19.7. The molecule has 28 heavy (non-hydrogen) atoms. The number of aromatic nitrogens is 3. The molecule has 0 saturated carbocycles. The van der Waals surface area contributed by atoms with Gasteiger partial charge >= 0.3 is 6.18 Å². The van der Waals surface area contributed by atoms with Crippen LogP contribution in [0.5, 0.6) is 0 Å². The molecule has 0 saturated heterocycles. The van der Waals surface area contributed by atoms with Crippen LogP contribution in [-0.4, -0.2) is 15.0 Å². The van der Waals surface area contributed by atoms with Crippen molar-refractivity contribution in [2.24, 2.45) is 0 Å². The monoisotopic (exact) mass is 381 g/mol. The Morgan fingerprint density at radius 2 is 1.61 bits per heavy atom. The summed E-state index contributed by atoms with van der Waals surface area (Å²) in [6.45, 7) is 0. The first-order valence-corrected chi connectivity index (χ1v) is 8.31. The predicted octanol–water partition coefficient (Wildman–Crippen LogP) is 5.04. The van der Waals surface area contributed by atoms with Crippen LogP contribution in [0, 0.1) is 0 Å². The molecule has 2 aromatic heterocycles. The van der Waals surface area contributed by atoms with Crippen molar-refractivity contribution >= 4 is 28.2 Å². The van der Waals surface area contributed by atoms with E-state index in [4.69, 9.17) is 5.73 Å². The van der Waals surface area contributed by atoms with Gasteiger partial charge in [-0.2, -0.15) is 13.2 Å². The van der Waals surface area contributed by atoms with Gasteiger partial charge in [-0.15, -0.1) is 0 Å². The van der Waals surface area contributed by atoms with Crippen LogP contribution in [0.1, 0.15) is 5.56 Å². The number of pyridine rings is 1. The molecule has 0 bridgehead atoms. The van der Waals surface area contributed by atoms with Gasteiger partial charge in [-0.05, 0) is 36.4 Å². The lowest BCUT2D eigenvalue weighted by Gasteiger charge is -2.09. The summed E-state index contributed by atoms with van der Waals surface area (Å²) in [5.74, 6) is 0.935. The van der Waals surface area contributed by atoms with Gasteiger partial charge in [0.15, 0.2) is 0 Å². The maximum atomic E-state index is 12.7. The van der Waals surface area contributed by atoms with Crippen LogP contribution in [0.25, 0.3) is 22.2 Å². The zero-order valence-corrected chi connectivity index (χ0v) is 14.4. The molecule has 0 radical (unpaired) electrons. The quantitative estimate of drug-likeness (QED) is 0.520. The molecule has 0 aliphatic heterocycles. The largest absolute Gasteiger partial charge is 0.416 e. The highest BCUT2D eigenvalue weighted by molar-refractivity contribution is 5.84.